The number of nitrogens with one attached hydrogen (secondary N) is 1. The molecule has 5 heteroatoms. The molecule has 0 bridgehead atoms. The molecule has 0 spiro atoms. The molecular weight excluding hydrogens is 439 g/mol. The zero-order valence-corrected chi connectivity index (χ0v) is 16.1. The van der Waals surface area contributed by atoms with Gasteiger partial charge >= 0.3 is 0 Å². The van der Waals surface area contributed by atoms with E-state index in [2.05, 4.69) is 27.9 Å². The topological polar surface area (TPSA) is 51.1 Å². The van der Waals surface area contributed by atoms with Crippen LogP contribution >= 0.6 is 22.6 Å². The lowest BCUT2D eigenvalue weighted by Gasteiger charge is -2.11. The van der Waals surface area contributed by atoms with Gasteiger partial charge in [0.15, 0.2) is 0 Å². The molecule has 4 rings (SSSR count). The summed E-state index contributed by atoms with van der Waals surface area (Å²) in [5, 5.41) is 2.98. The molecule has 0 aliphatic carbocycles. The molecule has 1 aliphatic rings. The molecule has 1 atom stereocenters. The van der Waals surface area contributed by atoms with Gasteiger partial charge < -0.3 is 9.88 Å². The number of rotatable bonds is 4. The van der Waals surface area contributed by atoms with Crippen LogP contribution in [-0.4, -0.2) is 16.3 Å². The molecule has 2 heterocycles. The van der Waals surface area contributed by atoms with E-state index in [0.29, 0.717) is 24.2 Å². The fourth-order valence-electron chi connectivity index (χ4n) is 3.41. The number of carbonyl (C=O) groups excluding carboxylic acids is 2. The first-order valence-corrected chi connectivity index (χ1v) is 9.57. The Bertz CT molecular complexity index is 961. The second-order valence-corrected chi connectivity index (χ2v) is 7.57. The number of halogens is 1. The van der Waals surface area contributed by atoms with Gasteiger partial charge in [-0.25, -0.2) is 0 Å². The zero-order valence-electron chi connectivity index (χ0n) is 14.0. The van der Waals surface area contributed by atoms with E-state index in [4.69, 9.17) is 0 Å². The molecule has 3 aromatic rings. The average molecular weight is 456 g/mol. The van der Waals surface area contributed by atoms with Crippen LogP contribution in [0.1, 0.15) is 34.1 Å². The molecule has 0 radical (unpaired) electrons. The van der Waals surface area contributed by atoms with Gasteiger partial charge in [-0.2, -0.15) is 0 Å². The minimum absolute atomic E-state index is 0.00413. The number of fused-ring (bicyclic) bond motifs is 1. The lowest BCUT2D eigenvalue weighted by atomic mass is 10.0. The number of hydrogen-bond acceptors (Lipinski definition) is 2. The molecule has 0 fully saturated rings. The minimum atomic E-state index is -0.230. The van der Waals surface area contributed by atoms with Crippen molar-refractivity contribution in [1.29, 1.82) is 0 Å². The van der Waals surface area contributed by atoms with Crippen LogP contribution in [0.15, 0.2) is 66.7 Å². The Labute approximate surface area is 165 Å². The smallest absolute Gasteiger partial charge is 0.233 e. The highest BCUT2D eigenvalue weighted by atomic mass is 127. The van der Waals surface area contributed by atoms with Crippen LogP contribution in [0.5, 0.6) is 0 Å². The van der Waals surface area contributed by atoms with Gasteiger partial charge in [-0.05, 0) is 65.4 Å². The number of hydrogen-bond donors (Lipinski definition) is 1. The summed E-state index contributed by atoms with van der Waals surface area (Å²) in [7, 11) is 0. The quantitative estimate of drug-likeness (QED) is 0.466. The van der Waals surface area contributed by atoms with Crippen molar-refractivity contribution in [3.05, 3.63) is 87.3 Å². The van der Waals surface area contributed by atoms with E-state index in [-0.39, 0.29) is 17.6 Å². The number of ketones is 1. The molecule has 1 N–H and O–H groups in total. The molecule has 0 saturated heterocycles. The third-order valence-electron chi connectivity index (χ3n) is 4.71. The van der Waals surface area contributed by atoms with Gasteiger partial charge in [0.2, 0.25) is 11.7 Å². The largest absolute Gasteiger partial charge is 0.341 e. The molecule has 1 aliphatic heterocycles. The van der Waals surface area contributed by atoms with Crippen LogP contribution < -0.4 is 5.32 Å². The van der Waals surface area contributed by atoms with Crippen molar-refractivity contribution in [2.24, 2.45) is 0 Å². The molecule has 4 nitrogen and oxygen atoms in total. The second kappa shape index (κ2) is 7.07. The summed E-state index contributed by atoms with van der Waals surface area (Å²) in [4.78, 5) is 25.4. The van der Waals surface area contributed by atoms with Crippen LogP contribution in [-0.2, 0) is 11.3 Å². The SMILES string of the molecule is O=C(c1ccccc1)c1ccc2n1CCC2C(=O)Nc1ccc(I)cc1. The number of aromatic nitrogens is 1. The molecule has 26 heavy (non-hydrogen) atoms. The molecule has 0 saturated carbocycles. The number of carbonyl (C=O) groups is 2. The predicted molar refractivity (Wildman–Crippen MR) is 109 cm³/mol. The first-order chi connectivity index (χ1) is 12.6. The Balaban J connectivity index is 1.55. The van der Waals surface area contributed by atoms with Gasteiger partial charge in [-0.3, -0.25) is 9.59 Å². The standard InChI is InChI=1S/C21H17IN2O2/c22-15-6-8-16(9-7-15)23-21(26)17-12-13-24-18(17)10-11-19(24)20(25)14-4-2-1-3-5-14/h1-11,17H,12-13H2,(H,23,26). The number of nitrogens with zero attached hydrogens (tertiary/aromatic N) is 1. The summed E-state index contributed by atoms with van der Waals surface area (Å²) in [6.07, 6.45) is 0.710. The summed E-state index contributed by atoms with van der Waals surface area (Å²) < 4.78 is 3.10. The van der Waals surface area contributed by atoms with E-state index in [9.17, 15) is 9.59 Å². The molecule has 2 aromatic carbocycles. The highest BCUT2D eigenvalue weighted by Crippen LogP contribution is 2.32. The fourth-order valence-corrected chi connectivity index (χ4v) is 3.77. The Morgan fingerprint density at radius 1 is 0.962 bits per heavy atom. The van der Waals surface area contributed by atoms with Crippen LogP contribution in [0.25, 0.3) is 0 Å². The third-order valence-corrected chi connectivity index (χ3v) is 5.43. The van der Waals surface area contributed by atoms with E-state index in [0.717, 1.165) is 15.0 Å². The molecule has 1 aromatic heterocycles. The number of amides is 1. The molecule has 1 unspecified atom stereocenters. The van der Waals surface area contributed by atoms with Gasteiger partial charge in [0.05, 0.1) is 11.6 Å². The van der Waals surface area contributed by atoms with E-state index >= 15 is 0 Å². The first kappa shape index (κ1) is 17.0. The van der Waals surface area contributed by atoms with Crippen LogP contribution in [0.2, 0.25) is 0 Å². The molecule has 130 valence electrons. The van der Waals surface area contributed by atoms with Crippen molar-refractivity contribution < 1.29 is 9.59 Å². The summed E-state index contributed by atoms with van der Waals surface area (Å²) >= 11 is 2.23. The Morgan fingerprint density at radius 2 is 1.69 bits per heavy atom. The molecular formula is C21H17IN2O2. The van der Waals surface area contributed by atoms with Crippen LogP contribution in [0.3, 0.4) is 0 Å². The van der Waals surface area contributed by atoms with Crippen molar-refractivity contribution in [2.45, 2.75) is 18.9 Å². The number of anilines is 1. The maximum Gasteiger partial charge on any atom is 0.233 e. The highest BCUT2D eigenvalue weighted by Gasteiger charge is 2.31. The Morgan fingerprint density at radius 3 is 2.42 bits per heavy atom. The lowest BCUT2D eigenvalue weighted by Crippen LogP contribution is -2.19. The zero-order chi connectivity index (χ0) is 18.1. The Hall–Kier alpha value is -2.41. The van der Waals surface area contributed by atoms with Crippen molar-refractivity contribution in [1.82, 2.24) is 4.57 Å². The van der Waals surface area contributed by atoms with E-state index in [1.807, 2.05) is 71.3 Å². The maximum absolute atomic E-state index is 12.7. The highest BCUT2D eigenvalue weighted by molar-refractivity contribution is 14.1. The van der Waals surface area contributed by atoms with Crippen molar-refractivity contribution >= 4 is 40.0 Å². The monoisotopic (exact) mass is 456 g/mol. The minimum Gasteiger partial charge on any atom is -0.341 e. The van der Waals surface area contributed by atoms with E-state index in [1.54, 1.807) is 0 Å². The van der Waals surface area contributed by atoms with Crippen molar-refractivity contribution in [3.63, 3.8) is 0 Å². The fraction of sp³-hybridized carbons (Fsp3) is 0.143. The molecule has 1 amide bonds. The summed E-state index contributed by atoms with van der Waals surface area (Å²) in [5.41, 5.74) is 3.02. The maximum atomic E-state index is 12.7. The first-order valence-electron chi connectivity index (χ1n) is 8.49. The van der Waals surface area contributed by atoms with E-state index in [1.165, 1.54) is 0 Å². The van der Waals surface area contributed by atoms with Gasteiger partial charge in [0.1, 0.15) is 0 Å². The van der Waals surface area contributed by atoms with Crippen molar-refractivity contribution in [3.8, 4) is 0 Å². The van der Waals surface area contributed by atoms with Gasteiger partial charge in [0.25, 0.3) is 0 Å². The third kappa shape index (κ3) is 3.19. The number of benzene rings is 2. The lowest BCUT2D eigenvalue weighted by molar-refractivity contribution is -0.117. The van der Waals surface area contributed by atoms with Crippen LogP contribution in [0, 0.1) is 3.57 Å². The summed E-state index contributed by atoms with van der Waals surface area (Å²) in [6, 6.07) is 20.7. The normalized spacial score (nSPS) is 15.5. The van der Waals surface area contributed by atoms with Gasteiger partial charge in [-0.1, -0.05) is 30.3 Å². The summed E-state index contributed by atoms with van der Waals surface area (Å²) in [5.74, 6) is -0.260. The van der Waals surface area contributed by atoms with E-state index < -0.39 is 0 Å². The van der Waals surface area contributed by atoms with Crippen molar-refractivity contribution in [2.75, 3.05) is 5.32 Å². The van der Waals surface area contributed by atoms with Gasteiger partial charge in [0, 0.05) is 27.1 Å². The average Bonchev–Trinajstić information content (AvgIpc) is 3.26. The van der Waals surface area contributed by atoms with Gasteiger partial charge in [-0.15, -0.1) is 0 Å². The second-order valence-electron chi connectivity index (χ2n) is 6.33. The summed E-state index contributed by atoms with van der Waals surface area (Å²) in [6.45, 7) is 0.682. The Kier molecular flexibility index (Phi) is 4.63. The predicted octanol–water partition coefficient (Wildman–Crippen LogP) is 4.45. The van der Waals surface area contributed by atoms with Crippen LogP contribution in [0.4, 0.5) is 5.69 Å².